The first kappa shape index (κ1) is 28.4. The number of nitrogens with one attached hydrogen (secondary N) is 2. The highest BCUT2D eigenvalue weighted by Crippen LogP contribution is 2.20. The smallest absolute Gasteiger partial charge is 0.326 e. The van der Waals surface area contributed by atoms with E-state index in [1.54, 1.807) is 6.07 Å². The van der Waals surface area contributed by atoms with Crippen molar-refractivity contribution in [2.24, 2.45) is 0 Å². The van der Waals surface area contributed by atoms with E-state index < -0.39 is 30.7 Å². The maximum atomic E-state index is 13.3. The van der Waals surface area contributed by atoms with E-state index in [1.807, 2.05) is 4.90 Å². The number of aryl methyl sites for hydroxylation is 2. The number of amides is 1. The van der Waals surface area contributed by atoms with Gasteiger partial charge in [0.15, 0.2) is 0 Å². The van der Waals surface area contributed by atoms with Crippen molar-refractivity contribution >= 4 is 17.7 Å². The zero-order valence-corrected chi connectivity index (χ0v) is 21.4. The lowest BCUT2D eigenvalue weighted by Crippen LogP contribution is -2.45. The molecule has 3 N–H and O–H groups in total. The minimum absolute atomic E-state index is 0.103. The maximum absolute atomic E-state index is 13.3. The van der Waals surface area contributed by atoms with E-state index in [-0.39, 0.29) is 12.8 Å². The van der Waals surface area contributed by atoms with Crippen molar-refractivity contribution in [3.05, 3.63) is 47.7 Å². The van der Waals surface area contributed by atoms with E-state index >= 15 is 0 Å². The number of carboxylic acids is 1. The summed E-state index contributed by atoms with van der Waals surface area (Å²) in [5.41, 5.74) is 2.30. The quantitative estimate of drug-likeness (QED) is 0.287. The van der Waals surface area contributed by atoms with Crippen molar-refractivity contribution in [3.63, 3.8) is 0 Å². The van der Waals surface area contributed by atoms with Crippen molar-refractivity contribution in [3.8, 4) is 0 Å². The molecule has 11 heteroatoms. The average molecular weight is 517 g/mol. The van der Waals surface area contributed by atoms with E-state index in [9.17, 15) is 19.1 Å². The monoisotopic (exact) mass is 516 g/mol. The Kier molecular flexibility index (Phi) is 11.6. The molecule has 37 heavy (non-hydrogen) atoms. The highest BCUT2D eigenvalue weighted by Gasteiger charge is 2.23. The highest BCUT2D eigenvalue weighted by atomic mass is 19.1. The Morgan fingerprint density at radius 3 is 2.78 bits per heavy atom. The van der Waals surface area contributed by atoms with E-state index in [4.69, 9.17) is 9.72 Å². The summed E-state index contributed by atoms with van der Waals surface area (Å²) in [5.74, 6) is -0.281. The molecule has 3 rings (SSSR count). The molecular formula is C26H37FN6O4. The van der Waals surface area contributed by atoms with Gasteiger partial charge in [0.2, 0.25) is 5.91 Å². The number of rotatable bonds is 16. The number of carbonyl (C=O) groups is 2. The Hall–Kier alpha value is -3.18. The average Bonchev–Trinajstić information content (AvgIpc) is 2.91. The van der Waals surface area contributed by atoms with Gasteiger partial charge in [-0.3, -0.25) is 4.79 Å². The molecule has 0 radical (unpaired) electrons. The van der Waals surface area contributed by atoms with Crippen LogP contribution in [0, 0.1) is 0 Å². The minimum Gasteiger partial charge on any atom is -0.480 e. The number of fused-ring (bicyclic) bond motifs is 1. The molecule has 202 valence electrons. The van der Waals surface area contributed by atoms with Gasteiger partial charge in [0.1, 0.15) is 24.4 Å². The molecule has 10 nitrogen and oxygen atoms in total. The fraction of sp³-hybridized carbons (Fsp3) is 0.577. The Bertz CT molecular complexity index is 992. The first-order valence-electron chi connectivity index (χ1n) is 12.8. The van der Waals surface area contributed by atoms with Crippen molar-refractivity contribution in [1.29, 1.82) is 0 Å². The van der Waals surface area contributed by atoms with Gasteiger partial charge in [-0.25, -0.2) is 24.1 Å². The van der Waals surface area contributed by atoms with Crippen molar-refractivity contribution in [1.82, 2.24) is 25.2 Å². The summed E-state index contributed by atoms with van der Waals surface area (Å²) in [6, 6.07) is 4.79. The standard InChI is InChI=1S/C26H37FN6O4/c1-37-21(17-27)18-33(14-3-2-7-20-9-8-19-6-4-11-30-25(19)31-20)15-10-22(26(35)36)32-24(34)16-23-28-12-5-13-29-23/h5,8-9,12-13,21-22H,2-4,6-7,10-11,14-18H2,1H3,(H,30,31)(H,32,34)(H,35,36). The van der Waals surface area contributed by atoms with Gasteiger partial charge in [-0.05, 0) is 62.8 Å². The number of carbonyl (C=O) groups excluding carboxylic acids is 1. The van der Waals surface area contributed by atoms with Crippen LogP contribution in [-0.4, -0.2) is 88.9 Å². The lowest BCUT2D eigenvalue weighted by Gasteiger charge is -2.27. The van der Waals surface area contributed by atoms with Crippen LogP contribution >= 0.6 is 0 Å². The zero-order chi connectivity index (χ0) is 26.5. The van der Waals surface area contributed by atoms with Crippen LogP contribution in [0.25, 0.3) is 0 Å². The summed E-state index contributed by atoms with van der Waals surface area (Å²) in [5, 5.41) is 15.5. The van der Waals surface area contributed by atoms with Crippen LogP contribution in [0.15, 0.2) is 30.6 Å². The summed E-state index contributed by atoms with van der Waals surface area (Å²) < 4.78 is 18.6. The van der Waals surface area contributed by atoms with Gasteiger partial charge >= 0.3 is 5.97 Å². The number of alkyl halides is 1. The molecule has 0 saturated carbocycles. The Morgan fingerprint density at radius 1 is 1.24 bits per heavy atom. The van der Waals surface area contributed by atoms with Gasteiger partial charge in [-0.1, -0.05) is 6.07 Å². The van der Waals surface area contributed by atoms with Crippen LogP contribution < -0.4 is 10.6 Å². The number of unbranched alkanes of at least 4 members (excludes halogenated alkanes) is 1. The topological polar surface area (TPSA) is 130 Å². The largest absolute Gasteiger partial charge is 0.480 e. The lowest BCUT2D eigenvalue weighted by molar-refractivity contribution is -0.142. The van der Waals surface area contributed by atoms with E-state index in [0.717, 1.165) is 50.2 Å². The predicted octanol–water partition coefficient (Wildman–Crippen LogP) is 2.04. The molecular weight excluding hydrogens is 479 g/mol. The summed E-state index contributed by atoms with van der Waals surface area (Å²) in [4.78, 5) is 38.8. The second kappa shape index (κ2) is 15.2. The fourth-order valence-corrected chi connectivity index (χ4v) is 4.30. The molecule has 3 heterocycles. The van der Waals surface area contributed by atoms with Crippen LogP contribution in [0.2, 0.25) is 0 Å². The number of nitrogens with zero attached hydrogens (tertiary/aromatic N) is 4. The first-order chi connectivity index (χ1) is 18.0. The van der Waals surface area contributed by atoms with E-state index in [2.05, 4.69) is 32.7 Å². The van der Waals surface area contributed by atoms with E-state index in [1.165, 1.54) is 25.1 Å². The number of pyridine rings is 1. The number of hydrogen-bond acceptors (Lipinski definition) is 8. The number of ether oxygens (including phenoxy) is 1. The zero-order valence-electron chi connectivity index (χ0n) is 21.4. The Balaban J connectivity index is 1.50. The molecule has 2 atom stereocenters. The second-order valence-corrected chi connectivity index (χ2v) is 9.20. The van der Waals surface area contributed by atoms with Gasteiger partial charge < -0.3 is 25.4 Å². The van der Waals surface area contributed by atoms with Crippen molar-refractivity contribution < 1.29 is 23.8 Å². The number of methoxy groups -OCH3 is 1. The second-order valence-electron chi connectivity index (χ2n) is 9.20. The van der Waals surface area contributed by atoms with Crippen LogP contribution in [-0.2, 0) is 33.6 Å². The van der Waals surface area contributed by atoms with Crippen LogP contribution in [0.5, 0.6) is 0 Å². The molecule has 1 aliphatic heterocycles. The summed E-state index contributed by atoms with van der Waals surface area (Å²) in [6.07, 6.45) is 7.27. The van der Waals surface area contributed by atoms with Gasteiger partial charge in [-0.15, -0.1) is 0 Å². The van der Waals surface area contributed by atoms with Gasteiger partial charge in [0.05, 0.1) is 12.5 Å². The molecule has 0 bridgehead atoms. The number of anilines is 1. The number of hydrogen-bond donors (Lipinski definition) is 3. The third-order valence-electron chi connectivity index (χ3n) is 6.38. The molecule has 0 saturated heterocycles. The molecule has 0 aliphatic carbocycles. The third kappa shape index (κ3) is 9.66. The number of halogens is 1. The van der Waals surface area contributed by atoms with E-state index in [0.29, 0.717) is 25.5 Å². The molecule has 2 aromatic heterocycles. The SMILES string of the molecule is COC(CF)CN(CCCCc1ccc2c(n1)NCCC2)CCC(NC(=O)Cc1ncccn1)C(=O)O. The van der Waals surface area contributed by atoms with Crippen LogP contribution in [0.4, 0.5) is 10.2 Å². The summed E-state index contributed by atoms with van der Waals surface area (Å²) >= 11 is 0. The maximum Gasteiger partial charge on any atom is 0.326 e. The Labute approximate surface area is 217 Å². The lowest BCUT2D eigenvalue weighted by atomic mass is 10.1. The van der Waals surface area contributed by atoms with Crippen LogP contribution in [0.3, 0.4) is 0 Å². The number of aromatic nitrogens is 3. The Morgan fingerprint density at radius 2 is 2.05 bits per heavy atom. The van der Waals surface area contributed by atoms with Crippen molar-refractivity contribution in [2.45, 2.75) is 57.1 Å². The van der Waals surface area contributed by atoms with Gasteiger partial charge in [-0.2, -0.15) is 0 Å². The summed E-state index contributed by atoms with van der Waals surface area (Å²) in [6.45, 7) is 1.69. The third-order valence-corrected chi connectivity index (χ3v) is 6.38. The summed E-state index contributed by atoms with van der Waals surface area (Å²) in [7, 11) is 1.46. The van der Waals surface area contributed by atoms with Crippen molar-refractivity contribution in [2.75, 3.05) is 45.3 Å². The molecule has 0 aromatic carbocycles. The normalized spacial score (nSPS) is 14.5. The number of carboxylic acid groups (broad SMARTS) is 1. The highest BCUT2D eigenvalue weighted by molar-refractivity contribution is 5.84. The molecule has 0 fully saturated rings. The van der Waals surface area contributed by atoms with Gasteiger partial charge in [0, 0.05) is 44.8 Å². The minimum atomic E-state index is -1.12. The van der Waals surface area contributed by atoms with Gasteiger partial charge in [0.25, 0.3) is 0 Å². The first-order valence-corrected chi connectivity index (χ1v) is 12.8. The fourth-order valence-electron chi connectivity index (χ4n) is 4.30. The molecule has 1 amide bonds. The number of aliphatic carboxylic acids is 1. The van der Waals surface area contributed by atoms with Crippen LogP contribution in [0.1, 0.15) is 42.8 Å². The molecule has 2 unspecified atom stereocenters. The predicted molar refractivity (Wildman–Crippen MR) is 137 cm³/mol. The molecule has 1 aliphatic rings. The molecule has 2 aromatic rings. The molecule has 0 spiro atoms.